The van der Waals surface area contributed by atoms with Crippen molar-refractivity contribution in [2.75, 3.05) is 27.9 Å². The summed E-state index contributed by atoms with van der Waals surface area (Å²) in [5, 5.41) is 34.0. The molecule has 13 heteroatoms. The number of ketones is 2. The van der Waals surface area contributed by atoms with E-state index >= 15 is 0 Å². The summed E-state index contributed by atoms with van der Waals surface area (Å²) in [4.78, 5) is 57.5. The molecule has 0 aromatic carbocycles. The Kier molecular flexibility index (Phi) is 16.9. The number of hydrogen-bond donors (Lipinski definition) is 3. The lowest BCUT2D eigenvalue weighted by atomic mass is 9.82. The van der Waals surface area contributed by atoms with E-state index < -0.39 is 77.9 Å². The smallest absolute Gasteiger partial charge is 0.329 e. The van der Waals surface area contributed by atoms with Gasteiger partial charge in [0, 0.05) is 52.6 Å². The standard InChI is InChI=1S/C43H69NO12/c1-10-30-22-31(45)23-34(47)28(6)38(26(4)19-29-14-15-33(46)35(21-29)52-7)55-42(50)32-13-11-12-16-44(32)41(49)40(48)43(51)27(5)20-37(54-9)39(56-43)36(53-8)18-24(2)17-25(30)3/h19,24,27-29,32-39,46-47,51H,10-18,20-23H2,1-9H3/b26-19+,30-25-/t24-,27-,28-,29+,32+,33-,34?,35-,36+,37+,38?,39-,43-/m1/s1. The number of rotatable bonds is 6. The predicted molar refractivity (Wildman–Crippen MR) is 208 cm³/mol. The van der Waals surface area contributed by atoms with Crippen LogP contribution in [0.15, 0.2) is 22.8 Å². The van der Waals surface area contributed by atoms with Gasteiger partial charge in [-0.3, -0.25) is 14.4 Å². The summed E-state index contributed by atoms with van der Waals surface area (Å²) < 4.78 is 29.8. The van der Waals surface area contributed by atoms with E-state index in [0.717, 1.165) is 11.1 Å². The van der Waals surface area contributed by atoms with Crippen LogP contribution < -0.4 is 0 Å². The number of carbonyl (C=O) groups excluding carboxylic acids is 4. The average Bonchev–Trinajstić information content (AvgIpc) is 3.18. The van der Waals surface area contributed by atoms with Gasteiger partial charge in [-0.05, 0) is 95.5 Å². The molecule has 2 unspecified atom stereocenters. The highest BCUT2D eigenvalue weighted by Crippen LogP contribution is 2.39. The third kappa shape index (κ3) is 10.7. The van der Waals surface area contributed by atoms with Crippen LogP contribution in [-0.2, 0) is 42.9 Å². The topological polar surface area (TPSA) is 178 Å². The Balaban J connectivity index is 1.76. The zero-order valence-corrected chi connectivity index (χ0v) is 35.2. The highest BCUT2D eigenvalue weighted by atomic mass is 16.7. The van der Waals surface area contributed by atoms with Gasteiger partial charge in [0.1, 0.15) is 24.0 Å². The maximum Gasteiger partial charge on any atom is 0.329 e. The summed E-state index contributed by atoms with van der Waals surface area (Å²) >= 11 is 0. The van der Waals surface area contributed by atoms with Crippen molar-refractivity contribution >= 4 is 23.4 Å². The molecule has 1 aliphatic carbocycles. The first-order chi connectivity index (χ1) is 26.5. The zero-order chi connectivity index (χ0) is 41.5. The van der Waals surface area contributed by atoms with E-state index in [1.807, 2.05) is 26.8 Å². The number of allylic oxidation sites excluding steroid dienone is 3. The summed E-state index contributed by atoms with van der Waals surface area (Å²) in [6.07, 6.45) is 2.12. The Labute approximate surface area is 333 Å². The number of nitrogens with zero attached hydrogens (tertiary/aromatic N) is 1. The van der Waals surface area contributed by atoms with Gasteiger partial charge in [0.25, 0.3) is 11.7 Å². The Morgan fingerprint density at radius 1 is 0.893 bits per heavy atom. The van der Waals surface area contributed by atoms with E-state index in [-0.39, 0.29) is 56.0 Å². The van der Waals surface area contributed by atoms with Gasteiger partial charge in [0.05, 0.1) is 30.5 Å². The number of amides is 1. The van der Waals surface area contributed by atoms with Crippen molar-refractivity contribution in [1.29, 1.82) is 0 Å². The third-order valence-corrected chi connectivity index (χ3v) is 13.0. The maximum absolute atomic E-state index is 14.3. The molecule has 4 aliphatic rings. The number of methoxy groups -OCH3 is 3. The molecule has 56 heavy (non-hydrogen) atoms. The van der Waals surface area contributed by atoms with Crippen molar-refractivity contribution < 1.29 is 58.2 Å². The number of esters is 1. The maximum atomic E-state index is 14.3. The van der Waals surface area contributed by atoms with Crippen LogP contribution in [0.25, 0.3) is 0 Å². The third-order valence-electron chi connectivity index (χ3n) is 13.0. The number of hydrogen-bond acceptors (Lipinski definition) is 12. The van der Waals surface area contributed by atoms with E-state index in [4.69, 9.17) is 23.7 Å². The summed E-state index contributed by atoms with van der Waals surface area (Å²) in [5.41, 5.74) is 2.71. The van der Waals surface area contributed by atoms with Crippen molar-refractivity contribution in [3.05, 3.63) is 22.8 Å². The number of fused-ring (bicyclic) bond motifs is 3. The number of piperidine rings is 1. The second kappa shape index (κ2) is 20.4. The Bertz CT molecular complexity index is 1450. The van der Waals surface area contributed by atoms with E-state index in [1.54, 1.807) is 21.0 Å². The fourth-order valence-corrected chi connectivity index (χ4v) is 9.42. The summed E-state index contributed by atoms with van der Waals surface area (Å²) in [7, 11) is 4.63. The second-order valence-corrected chi connectivity index (χ2v) is 17.1. The second-order valence-electron chi connectivity index (χ2n) is 17.1. The van der Waals surface area contributed by atoms with Crippen LogP contribution >= 0.6 is 0 Å². The van der Waals surface area contributed by atoms with Gasteiger partial charge in [-0.15, -0.1) is 0 Å². The Hall–Kier alpha value is -2.52. The molecular formula is C43H69NO12. The molecule has 1 amide bonds. The lowest BCUT2D eigenvalue weighted by Gasteiger charge is -2.47. The van der Waals surface area contributed by atoms with Gasteiger partial charge in [-0.1, -0.05) is 44.9 Å². The van der Waals surface area contributed by atoms with Crippen molar-refractivity contribution in [3.63, 3.8) is 0 Å². The van der Waals surface area contributed by atoms with Gasteiger partial charge in [-0.25, -0.2) is 4.79 Å². The van der Waals surface area contributed by atoms with Gasteiger partial charge < -0.3 is 43.9 Å². The predicted octanol–water partition coefficient (Wildman–Crippen LogP) is 4.62. The minimum Gasteiger partial charge on any atom is -0.456 e. The molecule has 0 radical (unpaired) electrons. The SMILES string of the molecule is CC/C1=C(\C)C[C@@H](C)C[C@H](OC)[C@H]2O[C@@](O)(C(=O)C(=O)N3CCCC[C@H]3C(=O)OC(/C(C)=C/[C@@H]3CC[C@@H](O)[C@H](OC)C3)[C@H](C)C(O)CC(=O)C1)[C@H](C)C[C@@H]2OC. The van der Waals surface area contributed by atoms with E-state index in [9.17, 15) is 34.5 Å². The highest BCUT2D eigenvalue weighted by molar-refractivity contribution is 6.39. The lowest BCUT2D eigenvalue weighted by molar-refractivity contribution is -0.302. The molecule has 3 fully saturated rings. The minimum absolute atomic E-state index is 0.00336. The quantitative estimate of drug-likeness (QED) is 0.194. The van der Waals surface area contributed by atoms with Crippen molar-refractivity contribution in [2.45, 2.75) is 173 Å². The Morgan fingerprint density at radius 3 is 2.20 bits per heavy atom. The van der Waals surface area contributed by atoms with E-state index in [1.165, 1.54) is 19.1 Å². The largest absolute Gasteiger partial charge is 0.456 e. The number of ether oxygens (including phenoxy) is 5. The zero-order valence-electron chi connectivity index (χ0n) is 35.2. The van der Waals surface area contributed by atoms with Crippen LogP contribution in [-0.4, -0.2) is 126 Å². The first-order valence-corrected chi connectivity index (χ1v) is 20.8. The van der Waals surface area contributed by atoms with Crippen LogP contribution in [0.2, 0.25) is 0 Å². The molecule has 2 saturated heterocycles. The molecule has 0 aromatic heterocycles. The fraction of sp³-hybridized carbons (Fsp3) is 0.814. The van der Waals surface area contributed by atoms with Crippen LogP contribution in [0.1, 0.15) is 119 Å². The number of cyclic esters (lactones) is 1. The molecule has 2 bridgehead atoms. The normalized spacial score (nSPS) is 40.8. The monoisotopic (exact) mass is 791 g/mol. The molecule has 3 heterocycles. The van der Waals surface area contributed by atoms with Gasteiger partial charge in [0.2, 0.25) is 5.79 Å². The fourth-order valence-electron chi connectivity index (χ4n) is 9.42. The average molecular weight is 792 g/mol. The summed E-state index contributed by atoms with van der Waals surface area (Å²) in [5.74, 6) is -7.04. The molecule has 0 aromatic rings. The van der Waals surface area contributed by atoms with Crippen LogP contribution in [0.5, 0.6) is 0 Å². The van der Waals surface area contributed by atoms with Gasteiger partial charge >= 0.3 is 5.97 Å². The Morgan fingerprint density at radius 2 is 1.55 bits per heavy atom. The van der Waals surface area contributed by atoms with E-state index in [2.05, 4.69) is 6.92 Å². The first kappa shape index (κ1) is 46.2. The summed E-state index contributed by atoms with van der Waals surface area (Å²) in [6, 6.07) is -1.13. The number of Topliss-reactive ketones (excluding diaryl/α,β-unsaturated/α-hetero) is 2. The minimum atomic E-state index is -2.50. The van der Waals surface area contributed by atoms with Crippen LogP contribution in [0, 0.1) is 23.7 Å². The molecule has 13 nitrogen and oxygen atoms in total. The molecule has 4 rings (SSSR count). The highest BCUT2D eigenvalue weighted by Gasteiger charge is 2.56. The van der Waals surface area contributed by atoms with Gasteiger partial charge in [-0.2, -0.15) is 0 Å². The number of carbonyl (C=O) groups is 4. The molecule has 3 aliphatic heterocycles. The molecular weight excluding hydrogens is 722 g/mol. The molecule has 318 valence electrons. The number of aliphatic hydroxyl groups is 3. The lowest BCUT2D eigenvalue weighted by Crippen LogP contribution is -2.64. The summed E-state index contributed by atoms with van der Waals surface area (Å²) in [6.45, 7) is 11.4. The molecule has 1 saturated carbocycles. The number of aliphatic hydroxyl groups excluding tert-OH is 2. The van der Waals surface area contributed by atoms with Crippen molar-refractivity contribution in [2.24, 2.45) is 23.7 Å². The van der Waals surface area contributed by atoms with Crippen LogP contribution in [0.4, 0.5) is 0 Å². The molecule has 3 N–H and O–H groups in total. The van der Waals surface area contributed by atoms with Crippen molar-refractivity contribution in [1.82, 2.24) is 4.90 Å². The first-order valence-electron chi connectivity index (χ1n) is 20.8. The van der Waals surface area contributed by atoms with Crippen LogP contribution in [0.3, 0.4) is 0 Å². The van der Waals surface area contributed by atoms with Crippen molar-refractivity contribution in [3.8, 4) is 0 Å². The molecule has 13 atom stereocenters. The van der Waals surface area contributed by atoms with Gasteiger partial charge in [0.15, 0.2) is 0 Å². The van der Waals surface area contributed by atoms with E-state index in [0.29, 0.717) is 56.9 Å². The molecule has 0 spiro atoms.